The maximum Gasteiger partial charge on any atom is 0.348 e. The normalized spacial score (nSPS) is 11.2. The van der Waals surface area contributed by atoms with Gasteiger partial charge in [-0.15, -0.1) is 11.3 Å². The van der Waals surface area contributed by atoms with Gasteiger partial charge >= 0.3 is 5.97 Å². The lowest BCUT2D eigenvalue weighted by Gasteiger charge is -2.23. The van der Waals surface area contributed by atoms with Crippen molar-refractivity contribution in [3.63, 3.8) is 0 Å². The van der Waals surface area contributed by atoms with Gasteiger partial charge in [0.2, 0.25) is 5.91 Å². The molecule has 24 heavy (non-hydrogen) atoms. The van der Waals surface area contributed by atoms with Crippen molar-refractivity contribution in [3.05, 3.63) is 16.0 Å². The van der Waals surface area contributed by atoms with Gasteiger partial charge in [-0.1, -0.05) is 0 Å². The highest BCUT2D eigenvalue weighted by Crippen LogP contribution is 2.32. The molecule has 0 aliphatic heterocycles. The second-order valence-corrected chi connectivity index (χ2v) is 7.50. The van der Waals surface area contributed by atoms with Gasteiger partial charge in [0.25, 0.3) is 0 Å². The first-order valence-electron chi connectivity index (χ1n) is 7.57. The number of nitrogen functional groups attached to an aromatic ring is 1. The van der Waals surface area contributed by atoms with Gasteiger partial charge in [0.05, 0.1) is 18.7 Å². The molecular weight excluding hydrogens is 328 g/mol. The molecule has 0 aromatic carbocycles. The van der Waals surface area contributed by atoms with Crippen LogP contribution >= 0.6 is 11.3 Å². The molecule has 0 aliphatic carbocycles. The number of rotatable bonds is 6. The zero-order chi connectivity index (χ0) is 18.5. The molecule has 132 valence electrons. The number of amides is 1. The molecule has 7 nitrogen and oxygen atoms in total. The minimum Gasteiger partial charge on any atom is -0.462 e. The lowest BCUT2D eigenvalue weighted by molar-refractivity contribution is -0.123. The Balaban J connectivity index is 2.95. The van der Waals surface area contributed by atoms with E-state index in [1.807, 2.05) is 26.8 Å². The smallest absolute Gasteiger partial charge is 0.348 e. The highest BCUT2D eigenvalue weighted by molar-refractivity contribution is 7.18. The van der Waals surface area contributed by atoms with E-state index in [4.69, 9.17) is 10.5 Å². The van der Waals surface area contributed by atoms with Crippen molar-refractivity contribution < 1.29 is 14.3 Å². The van der Waals surface area contributed by atoms with E-state index in [9.17, 15) is 14.9 Å². The number of nitriles is 1. The van der Waals surface area contributed by atoms with E-state index < -0.39 is 5.97 Å². The Bertz CT molecular complexity index is 656. The number of hydrogen-bond acceptors (Lipinski definition) is 7. The van der Waals surface area contributed by atoms with Crippen LogP contribution < -0.4 is 11.1 Å². The Hall–Kier alpha value is -2.11. The lowest BCUT2D eigenvalue weighted by Crippen LogP contribution is -2.45. The van der Waals surface area contributed by atoms with Crippen LogP contribution in [0.25, 0.3) is 0 Å². The van der Waals surface area contributed by atoms with E-state index in [1.165, 1.54) is 0 Å². The van der Waals surface area contributed by atoms with Crippen molar-refractivity contribution in [2.24, 2.45) is 0 Å². The number of hydrogen-bond donors (Lipinski definition) is 2. The Morgan fingerprint density at radius 2 is 2.04 bits per heavy atom. The van der Waals surface area contributed by atoms with Gasteiger partial charge in [0.1, 0.15) is 15.9 Å². The number of carbonyl (C=O) groups is 2. The van der Waals surface area contributed by atoms with E-state index in [0.717, 1.165) is 11.3 Å². The number of thiophene rings is 1. The van der Waals surface area contributed by atoms with Gasteiger partial charge in [-0.25, -0.2) is 4.79 Å². The van der Waals surface area contributed by atoms with Crippen LogP contribution in [0.1, 0.15) is 48.5 Å². The number of esters is 1. The molecule has 1 heterocycles. The van der Waals surface area contributed by atoms with Crippen molar-refractivity contribution in [1.82, 2.24) is 10.2 Å². The van der Waals surface area contributed by atoms with Gasteiger partial charge in [-0.2, -0.15) is 5.26 Å². The summed E-state index contributed by atoms with van der Waals surface area (Å²) in [4.78, 5) is 26.1. The molecule has 1 amide bonds. The number of ether oxygens (including phenoxy) is 1. The second-order valence-electron chi connectivity index (χ2n) is 6.45. The number of nitrogens with zero attached hydrogens (tertiary/aromatic N) is 2. The average Bonchev–Trinajstić information content (AvgIpc) is 2.72. The number of anilines is 1. The molecule has 1 rings (SSSR count). The zero-order valence-electron chi connectivity index (χ0n) is 14.7. The Kier molecular flexibility index (Phi) is 6.75. The Morgan fingerprint density at radius 3 is 2.54 bits per heavy atom. The molecule has 1 aromatic rings. The van der Waals surface area contributed by atoms with Crippen molar-refractivity contribution in [2.45, 2.75) is 39.8 Å². The maximum absolute atomic E-state index is 12.1. The van der Waals surface area contributed by atoms with Crippen LogP contribution in [-0.2, 0) is 16.1 Å². The van der Waals surface area contributed by atoms with Crippen molar-refractivity contribution >= 4 is 28.2 Å². The molecule has 0 bridgehead atoms. The summed E-state index contributed by atoms with van der Waals surface area (Å²) in [5.74, 6) is -0.636. The van der Waals surface area contributed by atoms with Gasteiger partial charge in [-0.3, -0.25) is 9.69 Å². The second kappa shape index (κ2) is 8.13. The van der Waals surface area contributed by atoms with Gasteiger partial charge in [-0.05, 0) is 34.7 Å². The molecular formula is C16H24N4O3S. The van der Waals surface area contributed by atoms with E-state index >= 15 is 0 Å². The predicted octanol–water partition coefficient (Wildman–Crippen LogP) is 1.73. The SMILES string of the molecule is CCOC(=O)c1sc(N)c(C#N)c1CN(C)CC(=O)NC(C)(C)C. The molecule has 0 aliphatic rings. The maximum atomic E-state index is 12.1. The molecule has 1 aromatic heterocycles. The van der Waals surface area contributed by atoms with Gasteiger partial charge in [0.15, 0.2) is 0 Å². The highest BCUT2D eigenvalue weighted by atomic mass is 32.1. The summed E-state index contributed by atoms with van der Waals surface area (Å²) >= 11 is 1.04. The molecule has 0 saturated carbocycles. The first kappa shape index (κ1) is 19.9. The zero-order valence-corrected chi connectivity index (χ0v) is 15.5. The van der Waals surface area contributed by atoms with Crippen LogP contribution in [0.15, 0.2) is 0 Å². The number of carbonyl (C=O) groups excluding carboxylic acids is 2. The van der Waals surface area contributed by atoms with Gasteiger partial charge < -0.3 is 15.8 Å². The van der Waals surface area contributed by atoms with Crippen LogP contribution in [0.2, 0.25) is 0 Å². The van der Waals surface area contributed by atoms with Crippen LogP contribution in [-0.4, -0.2) is 42.5 Å². The third-order valence-electron chi connectivity index (χ3n) is 2.96. The van der Waals surface area contributed by atoms with E-state index in [-0.39, 0.29) is 41.7 Å². The standard InChI is InChI=1S/C16H24N4O3S/c1-6-23-15(22)13-11(10(7-17)14(18)24-13)8-20(5)9-12(21)19-16(2,3)4/h6,8-9,18H2,1-5H3,(H,19,21). The van der Waals surface area contributed by atoms with Crippen molar-refractivity contribution in [1.29, 1.82) is 5.26 Å². The summed E-state index contributed by atoms with van der Waals surface area (Å²) < 4.78 is 5.02. The Labute approximate surface area is 146 Å². The van der Waals surface area contributed by atoms with E-state index in [0.29, 0.717) is 10.4 Å². The fourth-order valence-corrected chi connectivity index (χ4v) is 3.07. The van der Waals surface area contributed by atoms with Crippen molar-refractivity contribution in [3.8, 4) is 6.07 Å². The summed E-state index contributed by atoms with van der Waals surface area (Å²) in [5, 5.41) is 12.4. The summed E-state index contributed by atoms with van der Waals surface area (Å²) in [6.45, 7) is 8.04. The lowest BCUT2D eigenvalue weighted by atomic mass is 10.1. The largest absolute Gasteiger partial charge is 0.462 e. The van der Waals surface area contributed by atoms with E-state index in [2.05, 4.69) is 5.32 Å². The number of nitrogens with two attached hydrogens (primary N) is 1. The third-order valence-corrected chi connectivity index (χ3v) is 4.00. The summed E-state index contributed by atoms with van der Waals surface area (Å²) in [6.07, 6.45) is 0. The van der Waals surface area contributed by atoms with E-state index in [1.54, 1.807) is 18.9 Å². The fraction of sp³-hybridized carbons (Fsp3) is 0.562. The predicted molar refractivity (Wildman–Crippen MR) is 93.6 cm³/mol. The molecule has 0 atom stereocenters. The number of nitrogens with one attached hydrogen (secondary N) is 1. The highest BCUT2D eigenvalue weighted by Gasteiger charge is 2.24. The van der Waals surface area contributed by atoms with Crippen LogP contribution in [0, 0.1) is 11.3 Å². The monoisotopic (exact) mass is 352 g/mol. The molecule has 8 heteroatoms. The topological polar surface area (TPSA) is 108 Å². The molecule has 0 fully saturated rings. The molecule has 0 spiro atoms. The average molecular weight is 352 g/mol. The van der Waals surface area contributed by atoms with Crippen LogP contribution in [0.3, 0.4) is 0 Å². The van der Waals surface area contributed by atoms with Crippen LogP contribution in [0.4, 0.5) is 5.00 Å². The summed E-state index contributed by atoms with van der Waals surface area (Å²) in [6, 6.07) is 2.03. The molecule has 0 saturated heterocycles. The Morgan fingerprint density at radius 1 is 1.42 bits per heavy atom. The minimum atomic E-state index is -0.502. The van der Waals surface area contributed by atoms with Crippen LogP contribution in [0.5, 0.6) is 0 Å². The number of likely N-dealkylation sites (N-methyl/N-ethyl adjacent to an activating group) is 1. The van der Waals surface area contributed by atoms with Crippen molar-refractivity contribution in [2.75, 3.05) is 25.9 Å². The summed E-state index contributed by atoms with van der Waals surface area (Å²) in [7, 11) is 1.74. The third kappa shape index (κ3) is 5.51. The molecule has 3 N–H and O–H groups in total. The summed E-state index contributed by atoms with van der Waals surface area (Å²) in [5.41, 5.74) is 6.29. The first-order chi connectivity index (χ1) is 11.1. The first-order valence-corrected chi connectivity index (χ1v) is 8.38. The molecule has 0 radical (unpaired) electrons. The van der Waals surface area contributed by atoms with Gasteiger partial charge in [0, 0.05) is 17.6 Å². The fourth-order valence-electron chi connectivity index (χ4n) is 2.15. The quantitative estimate of drug-likeness (QED) is 0.755. The molecule has 0 unspecified atom stereocenters. The minimum absolute atomic E-state index is 0.135.